The summed E-state index contributed by atoms with van der Waals surface area (Å²) in [6, 6.07) is 9.92. The number of amides is 1. The summed E-state index contributed by atoms with van der Waals surface area (Å²) in [4.78, 5) is 15.2. The van der Waals surface area contributed by atoms with Crippen molar-refractivity contribution in [2.75, 3.05) is 11.4 Å². The maximum Gasteiger partial charge on any atom is 0.234 e. The molecule has 2 heterocycles. The van der Waals surface area contributed by atoms with Crippen LogP contribution in [0.4, 0.5) is 5.69 Å². The van der Waals surface area contributed by atoms with Gasteiger partial charge in [0.1, 0.15) is 0 Å². The summed E-state index contributed by atoms with van der Waals surface area (Å²) in [6.45, 7) is 4.61. The van der Waals surface area contributed by atoms with Gasteiger partial charge in [-0.25, -0.2) is 0 Å². The average Bonchev–Trinajstić information content (AvgIpc) is 3.07. The van der Waals surface area contributed by atoms with Crippen LogP contribution in [0.1, 0.15) is 41.9 Å². The number of likely N-dealkylation sites (N-methyl/N-ethyl adjacent to an activating group) is 1. The predicted molar refractivity (Wildman–Crippen MR) is 85.9 cm³/mol. The molecular formula is C17H19NO2S. The summed E-state index contributed by atoms with van der Waals surface area (Å²) in [5, 5.41) is 12.4. The number of hydrogen-bond donors (Lipinski definition) is 1. The van der Waals surface area contributed by atoms with E-state index in [1.54, 1.807) is 11.3 Å². The normalized spacial score (nSPS) is 18.9. The molecule has 2 unspecified atom stereocenters. The highest BCUT2D eigenvalue weighted by Crippen LogP contribution is 2.38. The first kappa shape index (κ1) is 14.3. The Kier molecular flexibility index (Phi) is 3.83. The van der Waals surface area contributed by atoms with Crippen molar-refractivity contribution in [1.82, 2.24) is 0 Å². The zero-order chi connectivity index (χ0) is 15.0. The molecular weight excluding hydrogens is 282 g/mol. The first-order chi connectivity index (χ1) is 10.1. The zero-order valence-electron chi connectivity index (χ0n) is 12.2. The third kappa shape index (κ3) is 2.49. The van der Waals surface area contributed by atoms with Crippen LogP contribution in [0.2, 0.25) is 0 Å². The maximum atomic E-state index is 12.2. The van der Waals surface area contributed by atoms with Crippen molar-refractivity contribution in [3.8, 4) is 0 Å². The van der Waals surface area contributed by atoms with Gasteiger partial charge in [0.2, 0.25) is 5.91 Å². The number of thiophene rings is 1. The van der Waals surface area contributed by atoms with Crippen LogP contribution < -0.4 is 4.90 Å². The molecule has 0 saturated carbocycles. The SMILES string of the molecule is CCN1C(=O)C(C)c2cc(C(O)Cc3cccs3)ccc21. The van der Waals surface area contributed by atoms with Crippen molar-refractivity contribution in [2.45, 2.75) is 32.3 Å². The minimum Gasteiger partial charge on any atom is -0.388 e. The fourth-order valence-corrected chi connectivity index (χ4v) is 3.66. The van der Waals surface area contributed by atoms with E-state index in [2.05, 4.69) is 0 Å². The van der Waals surface area contributed by atoms with Gasteiger partial charge in [-0.15, -0.1) is 11.3 Å². The van der Waals surface area contributed by atoms with E-state index in [0.29, 0.717) is 13.0 Å². The highest BCUT2D eigenvalue weighted by molar-refractivity contribution is 7.09. The van der Waals surface area contributed by atoms with Crippen LogP contribution in [-0.2, 0) is 11.2 Å². The number of nitrogens with zero attached hydrogens (tertiary/aromatic N) is 1. The highest BCUT2D eigenvalue weighted by Gasteiger charge is 2.33. The molecule has 0 fully saturated rings. The summed E-state index contributed by atoms with van der Waals surface area (Å²) in [6.07, 6.45) is 0.0999. The summed E-state index contributed by atoms with van der Waals surface area (Å²) >= 11 is 1.65. The molecule has 1 amide bonds. The van der Waals surface area contributed by atoms with Crippen molar-refractivity contribution >= 4 is 22.9 Å². The number of hydrogen-bond acceptors (Lipinski definition) is 3. The Labute approximate surface area is 128 Å². The molecule has 110 valence electrons. The van der Waals surface area contributed by atoms with E-state index in [-0.39, 0.29) is 11.8 Å². The zero-order valence-corrected chi connectivity index (χ0v) is 13.1. The van der Waals surface area contributed by atoms with Crippen LogP contribution in [-0.4, -0.2) is 17.6 Å². The van der Waals surface area contributed by atoms with E-state index < -0.39 is 6.10 Å². The van der Waals surface area contributed by atoms with Gasteiger partial charge in [0.15, 0.2) is 0 Å². The molecule has 2 atom stereocenters. The minimum absolute atomic E-state index is 0.117. The standard InChI is InChI=1S/C17H19NO2S/c1-3-18-15-7-6-12(9-14(15)11(2)17(18)20)16(19)10-13-5-4-8-21-13/h4-9,11,16,19H,3,10H2,1-2H3. The lowest BCUT2D eigenvalue weighted by atomic mass is 9.97. The quantitative estimate of drug-likeness (QED) is 0.939. The van der Waals surface area contributed by atoms with Crippen LogP contribution in [0.25, 0.3) is 0 Å². The molecule has 3 nitrogen and oxygen atoms in total. The van der Waals surface area contributed by atoms with Gasteiger partial charge < -0.3 is 10.0 Å². The van der Waals surface area contributed by atoms with Crippen molar-refractivity contribution in [3.05, 3.63) is 51.7 Å². The second kappa shape index (κ2) is 5.62. The molecule has 2 aromatic rings. The molecule has 0 spiro atoms. The van der Waals surface area contributed by atoms with Crippen molar-refractivity contribution in [3.63, 3.8) is 0 Å². The Morgan fingerprint density at radius 2 is 2.19 bits per heavy atom. The van der Waals surface area contributed by atoms with Crippen molar-refractivity contribution < 1.29 is 9.90 Å². The summed E-state index contributed by atoms with van der Waals surface area (Å²) in [5.74, 6) is 0.0336. The third-order valence-electron chi connectivity index (χ3n) is 4.12. The summed E-state index contributed by atoms with van der Waals surface area (Å²) < 4.78 is 0. The molecule has 1 aromatic heterocycles. The van der Waals surface area contributed by atoms with Crippen LogP contribution in [0.3, 0.4) is 0 Å². The monoisotopic (exact) mass is 301 g/mol. The van der Waals surface area contributed by atoms with E-state index in [0.717, 1.165) is 16.8 Å². The topological polar surface area (TPSA) is 40.5 Å². The average molecular weight is 301 g/mol. The molecule has 0 saturated heterocycles. The summed E-state index contributed by atoms with van der Waals surface area (Å²) in [7, 11) is 0. The molecule has 0 radical (unpaired) electrons. The van der Waals surface area contributed by atoms with E-state index in [1.807, 2.05) is 54.5 Å². The number of aliphatic hydroxyl groups excluding tert-OH is 1. The number of benzene rings is 1. The first-order valence-electron chi connectivity index (χ1n) is 7.27. The van der Waals surface area contributed by atoms with Gasteiger partial charge in [-0.3, -0.25) is 4.79 Å². The van der Waals surface area contributed by atoms with E-state index in [1.165, 1.54) is 4.88 Å². The lowest BCUT2D eigenvalue weighted by Gasteiger charge is -2.16. The van der Waals surface area contributed by atoms with Gasteiger partial charge in [0.25, 0.3) is 0 Å². The van der Waals surface area contributed by atoms with Gasteiger partial charge in [-0.2, -0.15) is 0 Å². The number of anilines is 1. The van der Waals surface area contributed by atoms with Gasteiger partial charge in [-0.1, -0.05) is 18.2 Å². The molecule has 1 N–H and O–H groups in total. The molecule has 1 aliphatic rings. The molecule has 0 aliphatic carbocycles. The van der Waals surface area contributed by atoms with Crippen LogP contribution in [0.15, 0.2) is 35.7 Å². The van der Waals surface area contributed by atoms with Crippen molar-refractivity contribution in [2.24, 2.45) is 0 Å². The van der Waals surface area contributed by atoms with E-state index in [4.69, 9.17) is 0 Å². The largest absolute Gasteiger partial charge is 0.388 e. The Balaban J connectivity index is 1.88. The molecule has 0 bridgehead atoms. The Morgan fingerprint density at radius 3 is 2.86 bits per heavy atom. The van der Waals surface area contributed by atoms with Crippen LogP contribution in [0, 0.1) is 0 Å². The molecule has 4 heteroatoms. The summed E-state index contributed by atoms with van der Waals surface area (Å²) in [5.41, 5.74) is 2.91. The number of fused-ring (bicyclic) bond motifs is 1. The van der Waals surface area contributed by atoms with Gasteiger partial charge in [0, 0.05) is 23.5 Å². The minimum atomic E-state index is -0.521. The third-order valence-corrected chi connectivity index (χ3v) is 5.02. The van der Waals surface area contributed by atoms with Gasteiger partial charge in [-0.05, 0) is 42.5 Å². The molecule has 1 aliphatic heterocycles. The van der Waals surface area contributed by atoms with Gasteiger partial charge in [0.05, 0.1) is 12.0 Å². The van der Waals surface area contributed by atoms with Crippen molar-refractivity contribution in [1.29, 1.82) is 0 Å². The predicted octanol–water partition coefficient (Wildman–Crippen LogP) is 3.49. The van der Waals surface area contributed by atoms with Crippen LogP contribution in [0.5, 0.6) is 0 Å². The van der Waals surface area contributed by atoms with Gasteiger partial charge >= 0.3 is 0 Å². The number of rotatable bonds is 4. The van der Waals surface area contributed by atoms with E-state index in [9.17, 15) is 9.90 Å². The molecule has 1 aromatic carbocycles. The second-order valence-electron chi connectivity index (χ2n) is 5.42. The smallest absolute Gasteiger partial charge is 0.234 e. The fourth-order valence-electron chi connectivity index (χ4n) is 2.92. The van der Waals surface area contributed by atoms with Crippen LogP contribution >= 0.6 is 11.3 Å². The first-order valence-corrected chi connectivity index (χ1v) is 8.15. The fraction of sp³-hybridized carbons (Fsp3) is 0.353. The number of carbonyl (C=O) groups excluding carboxylic acids is 1. The van der Waals surface area contributed by atoms with E-state index >= 15 is 0 Å². The Morgan fingerprint density at radius 1 is 1.38 bits per heavy atom. The second-order valence-corrected chi connectivity index (χ2v) is 6.45. The molecule has 3 rings (SSSR count). The lowest BCUT2D eigenvalue weighted by molar-refractivity contribution is -0.118. The maximum absolute atomic E-state index is 12.2. The number of carbonyl (C=O) groups is 1. The Hall–Kier alpha value is -1.65. The number of aliphatic hydroxyl groups is 1. The highest BCUT2D eigenvalue weighted by atomic mass is 32.1. The lowest BCUT2D eigenvalue weighted by Crippen LogP contribution is -2.27. The molecule has 21 heavy (non-hydrogen) atoms. The Bertz CT molecular complexity index is 651.